The summed E-state index contributed by atoms with van der Waals surface area (Å²) >= 11 is 0. The Bertz CT molecular complexity index is 229. The topological polar surface area (TPSA) is 66.8 Å². The normalized spacial score (nSPS) is 21.9. The van der Waals surface area contributed by atoms with Crippen molar-refractivity contribution in [1.82, 2.24) is 4.90 Å². The molecule has 0 aromatic carbocycles. The Balaban J connectivity index is 2.31. The molecule has 1 amide bonds. The van der Waals surface area contributed by atoms with E-state index in [9.17, 15) is 9.59 Å². The number of carbonyl (C=O) groups is 2. The number of carboxylic acid groups (broad SMARTS) is 1. The number of ether oxygens (including phenoxy) is 1. The summed E-state index contributed by atoms with van der Waals surface area (Å²) in [6, 6.07) is 0. The van der Waals surface area contributed by atoms with Gasteiger partial charge >= 0.3 is 12.1 Å². The average Bonchev–Trinajstić information content (AvgIpc) is 2.15. The molecule has 14 heavy (non-hydrogen) atoms. The second-order valence-electron chi connectivity index (χ2n) is 3.31. The minimum Gasteiger partial charge on any atom is -0.481 e. The fourth-order valence-corrected chi connectivity index (χ4v) is 1.44. The third-order valence-corrected chi connectivity index (χ3v) is 2.31. The van der Waals surface area contributed by atoms with E-state index in [0.717, 1.165) is 6.42 Å². The lowest BCUT2D eigenvalue weighted by atomic mass is 10.1. The van der Waals surface area contributed by atoms with Crippen molar-refractivity contribution >= 4 is 12.1 Å². The van der Waals surface area contributed by atoms with Crippen LogP contribution in [-0.4, -0.2) is 41.3 Å². The van der Waals surface area contributed by atoms with E-state index in [1.54, 1.807) is 4.90 Å². The minimum atomic E-state index is -0.848. The number of carboxylic acids is 1. The van der Waals surface area contributed by atoms with Gasteiger partial charge in [0.2, 0.25) is 0 Å². The molecule has 1 fully saturated rings. The maximum absolute atomic E-state index is 11.2. The van der Waals surface area contributed by atoms with Crippen molar-refractivity contribution in [3.8, 4) is 0 Å². The second kappa shape index (κ2) is 4.83. The Morgan fingerprint density at radius 2 is 2.43 bits per heavy atom. The summed E-state index contributed by atoms with van der Waals surface area (Å²) in [5.41, 5.74) is 0. The molecule has 1 aliphatic rings. The van der Waals surface area contributed by atoms with Crippen LogP contribution >= 0.6 is 0 Å². The van der Waals surface area contributed by atoms with Gasteiger partial charge in [-0.2, -0.15) is 0 Å². The molecule has 0 aromatic heterocycles. The standard InChI is InChI=1S/C9H15NO4/c1-2-10-6-5-7(14-9(10)13)3-4-8(11)12/h7H,2-6H2,1H3,(H,11,12). The van der Waals surface area contributed by atoms with Crippen molar-refractivity contribution in [2.45, 2.75) is 32.3 Å². The van der Waals surface area contributed by atoms with E-state index >= 15 is 0 Å². The van der Waals surface area contributed by atoms with E-state index < -0.39 is 5.97 Å². The Morgan fingerprint density at radius 1 is 1.71 bits per heavy atom. The lowest BCUT2D eigenvalue weighted by Gasteiger charge is -2.30. The highest BCUT2D eigenvalue weighted by atomic mass is 16.6. The van der Waals surface area contributed by atoms with Crippen molar-refractivity contribution < 1.29 is 19.4 Å². The van der Waals surface area contributed by atoms with Gasteiger partial charge in [-0.15, -0.1) is 0 Å². The summed E-state index contributed by atoms with van der Waals surface area (Å²) in [6.07, 6.45) is 0.658. The van der Waals surface area contributed by atoms with Crippen LogP contribution in [0.1, 0.15) is 26.2 Å². The average molecular weight is 201 g/mol. The largest absolute Gasteiger partial charge is 0.481 e. The zero-order valence-corrected chi connectivity index (χ0v) is 8.23. The van der Waals surface area contributed by atoms with E-state index in [1.807, 2.05) is 6.92 Å². The van der Waals surface area contributed by atoms with Gasteiger partial charge in [-0.3, -0.25) is 4.79 Å². The molecule has 0 aromatic rings. The zero-order chi connectivity index (χ0) is 10.6. The fraction of sp³-hybridized carbons (Fsp3) is 0.778. The molecule has 1 heterocycles. The summed E-state index contributed by atoms with van der Waals surface area (Å²) in [5, 5.41) is 8.46. The maximum Gasteiger partial charge on any atom is 0.410 e. The van der Waals surface area contributed by atoms with Crippen LogP contribution in [0.15, 0.2) is 0 Å². The lowest BCUT2D eigenvalue weighted by molar-refractivity contribution is -0.137. The van der Waals surface area contributed by atoms with Crippen LogP contribution in [0.2, 0.25) is 0 Å². The molecule has 1 saturated heterocycles. The van der Waals surface area contributed by atoms with Gasteiger partial charge in [-0.1, -0.05) is 0 Å². The number of hydrogen-bond acceptors (Lipinski definition) is 3. The number of nitrogens with zero attached hydrogens (tertiary/aromatic N) is 1. The van der Waals surface area contributed by atoms with Crippen LogP contribution in [0.25, 0.3) is 0 Å². The number of aliphatic carboxylic acids is 1. The molecule has 1 N–H and O–H groups in total. The van der Waals surface area contributed by atoms with Crippen LogP contribution in [0.3, 0.4) is 0 Å². The van der Waals surface area contributed by atoms with Gasteiger partial charge in [0.15, 0.2) is 0 Å². The van der Waals surface area contributed by atoms with Crippen molar-refractivity contribution in [2.75, 3.05) is 13.1 Å². The molecule has 1 unspecified atom stereocenters. The molecule has 0 spiro atoms. The van der Waals surface area contributed by atoms with Crippen molar-refractivity contribution in [2.24, 2.45) is 0 Å². The van der Waals surface area contributed by atoms with Gasteiger partial charge in [-0.05, 0) is 13.3 Å². The summed E-state index contributed by atoms with van der Waals surface area (Å²) in [7, 11) is 0. The maximum atomic E-state index is 11.2. The van der Waals surface area contributed by atoms with Crippen molar-refractivity contribution in [1.29, 1.82) is 0 Å². The van der Waals surface area contributed by atoms with E-state index in [2.05, 4.69) is 0 Å². The third kappa shape index (κ3) is 2.90. The van der Waals surface area contributed by atoms with E-state index in [1.165, 1.54) is 0 Å². The molecule has 5 nitrogen and oxygen atoms in total. The van der Waals surface area contributed by atoms with Gasteiger partial charge in [-0.25, -0.2) is 4.79 Å². The third-order valence-electron chi connectivity index (χ3n) is 2.31. The zero-order valence-electron chi connectivity index (χ0n) is 8.23. The number of carbonyl (C=O) groups excluding carboxylic acids is 1. The molecule has 1 rings (SSSR count). The predicted molar refractivity (Wildman–Crippen MR) is 49.0 cm³/mol. The number of rotatable bonds is 4. The Kier molecular flexibility index (Phi) is 3.73. The molecule has 5 heteroatoms. The first kappa shape index (κ1) is 10.8. The van der Waals surface area contributed by atoms with Crippen LogP contribution in [0.4, 0.5) is 4.79 Å². The summed E-state index contributed by atoms with van der Waals surface area (Å²) in [6.45, 7) is 3.20. The van der Waals surface area contributed by atoms with Gasteiger partial charge in [0.1, 0.15) is 6.10 Å². The van der Waals surface area contributed by atoms with Crippen LogP contribution in [0.5, 0.6) is 0 Å². The van der Waals surface area contributed by atoms with Gasteiger partial charge in [0.25, 0.3) is 0 Å². The fourth-order valence-electron chi connectivity index (χ4n) is 1.44. The lowest BCUT2D eigenvalue weighted by Crippen LogP contribution is -2.41. The highest BCUT2D eigenvalue weighted by molar-refractivity contribution is 5.69. The van der Waals surface area contributed by atoms with Crippen LogP contribution < -0.4 is 0 Å². The molecular formula is C9H15NO4. The Labute approximate surface area is 82.6 Å². The van der Waals surface area contributed by atoms with Crippen LogP contribution in [0, 0.1) is 0 Å². The summed E-state index contributed by atoms with van der Waals surface area (Å²) in [4.78, 5) is 23.1. The number of amides is 1. The van der Waals surface area contributed by atoms with Gasteiger partial charge in [0.05, 0.1) is 0 Å². The van der Waals surface area contributed by atoms with Gasteiger partial charge in [0, 0.05) is 25.9 Å². The highest BCUT2D eigenvalue weighted by Crippen LogP contribution is 2.15. The molecule has 1 atom stereocenters. The molecule has 0 bridgehead atoms. The van der Waals surface area contributed by atoms with Gasteiger partial charge < -0.3 is 14.7 Å². The summed E-state index contributed by atoms with van der Waals surface area (Å²) < 4.78 is 5.06. The monoisotopic (exact) mass is 201 g/mol. The minimum absolute atomic E-state index is 0.0596. The highest BCUT2D eigenvalue weighted by Gasteiger charge is 2.25. The SMILES string of the molecule is CCN1CCC(CCC(=O)O)OC1=O. The van der Waals surface area contributed by atoms with E-state index in [0.29, 0.717) is 19.5 Å². The second-order valence-corrected chi connectivity index (χ2v) is 3.31. The quantitative estimate of drug-likeness (QED) is 0.739. The first-order valence-electron chi connectivity index (χ1n) is 4.80. The Hall–Kier alpha value is -1.26. The molecule has 0 radical (unpaired) electrons. The number of cyclic esters (lactones) is 1. The first-order chi connectivity index (χ1) is 6.63. The summed E-state index contributed by atoms with van der Waals surface area (Å²) in [5.74, 6) is -0.848. The molecule has 80 valence electrons. The van der Waals surface area contributed by atoms with Crippen molar-refractivity contribution in [3.05, 3.63) is 0 Å². The molecule has 0 saturated carbocycles. The van der Waals surface area contributed by atoms with E-state index in [-0.39, 0.29) is 18.6 Å². The predicted octanol–water partition coefficient (Wildman–Crippen LogP) is 1.08. The van der Waals surface area contributed by atoms with Crippen LogP contribution in [-0.2, 0) is 9.53 Å². The smallest absolute Gasteiger partial charge is 0.410 e. The van der Waals surface area contributed by atoms with E-state index in [4.69, 9.17) is 9.84 Å². The number of hydrogen-bond donors (Lipinski definition) is 1. The molecular weight excluding hydrogens is 186 g/mol. The Morgan fingerprint density at radius 3 is 2.93 bits per heavy atom. The van der Waals surface area contributed by atoms with Crippen molar-refractivity contribution in [3.63, 3.8) is 0 Å². The first-order valence-corrected chi connectivity index (χ1v) is 4.80. The molecule has 0 aliphatic carbocycles. The molecule has 1 aliphatic heterocycles.